The van der Waals surface area contributed by atoms with Crippen LogP contribution < -0.4 is 4.74 Å². The maximum atomic E-state index is 12.9. The molecule has 3 atom stereocenters. The van der Waals surface area contributed by atoms with E-state index in [4.69, 9.17) is 9.84 Å². The van der Waals surface area contributed by atoms with Crippen LogP contribution in [-0.2, 0) is 9.59 Å². The van der Waals surface area contributed by atoms with Crippen LogP contribution in [0, 0.1) is 11.7 Å². The second-order valence-corrected chi connectivity index (χ2v) is 7.79. The SMILES string of the molecule is O=C(O)CCCC=CCC1C(=O)C=CC1SCC(O)COc1ccc(F)cc1. The van der Waals surface area contributed by atoms with Crippen molar-refractivity contribution in [3.63, 3.8) is 0 Å². The first-order chi connectivity index (χ1) is 13.5. The first-order valence-corrected chi connectivity index (χ1v) is 10.3. The van der Waals surface area contributed by atoms with Crippen LogP contribution in [0.15, 0.2) is 48.6 Å². The predicted octanol–water partition coefficient (Wildman–Crippen LogP) is 3.62. The number of benzene rings is 1. The molecule has 0 aliphatic heterocycles. The zero-order valence-electron chi connectivity index (χ0n) is 15.5. The fourth-order valence-electron chi connectivity index (χ4n) is 2.76. The third-order valence-electron chi connectivity index (χ3n) is 4.27. The van der Waals surface area contributed by atoms with Crippen LogP contribution >= 0.6 is 11.8 Å². The van der Waals surface area contributed by atoms with Crippen LogP contribution in [0.1, 0.15) is 25.7 Å². The highest BCUT2D eigenvalue weighted by molar-refractivity contribution is 8.00. The van der Waals surface area contributed by atoms with Gasteiger partial charge in [0, 0.05) is 23.3 Å². The molecular formula is C21H25FO5S. The molecule has 0 amide bonds. The van der Waals surface area contributed by atoms with Crippen molar-refractivity contribution in [1.82, 2.24) is 0 Å². The number of aliphatic hydroxyl groups excluding tert-OH is 1. The lowest BCUT2D eigenvalue weighted by molar-refractivity contribution is -0.137. The molecule has 0 saturated carbocycles. The number of unbranched alkanes of at least 4 members (excludes halogenated alkanes) is 1. The summed E-state index contributed by atoms with van der Waals surface area (Å²) >= 11 is 1.50. The quantitative estimate of drug-likeness (QED) is 0.406. The Balaban J connectivity index is 1.69. The van der Waals surface area contributed by atoms with Crippen LogP contribution in [0.25, 0.3) is 0 Å². The molecule has 1 aliphatic rings. The number of ketones is 1. The van der Waals surface area contributed by atoms with Crippen molar-refractivity contribution in [2.75, 3.05) is 12.4 Å². The van der Waals surface area contributed by atoms with E-state index in [1.165, 1.54) is 36.0 Å². The molecule has 3 unspecified atom stereocenters. The molecule has 0 aromatic heterocycles. The Bertz CT molecular complexity index is 701. The van der Waals surface area contributed by atoms with Crippen molar-refractivity contribution in [2.45, 2.75) is 37.0 Å². The molecule has 1 aromatic rings. The van der Waals surface area contributed by atoms with Gasteiger partial charge in [-0.1, -0.05) is 18.2 Å². The zero-order chi connectivity index (χ0) is 20.4. The van der Waals surface area contributed by atoms with Gasteiger partial charge in [-0.15, -0.1) is 0 Å². The fourth-order valence-corrected chi connectivity index (χ4v) is 3.96. The number of hydrogen-bond acceptors (Lipinski definition) is 5. The summed E-state index contributed by atoms with van der Waals surface area (Å²) in [6.07, 6.45) is 8.60. The Morgan fingerprint density at radius 2 is 2.04 bits per heavy atom. The van der Waals surface area contributed by atoms with Gasteiger partial charge in [-0.3, -0.25) is 9.59 Å². The van der Waals surface area contributed by atoms with E-state index < -0.39 is 12.1 Å². The van der Waals surface area contributed by atoms with Gasteiger partial charge in [-0.25, -0.2) is 4.39 Å². The Kier molecular flexibility index (Phi) is 9.23. The highest BCUT2D eigenvalue weighted by atomic mass is 32.2. The maximum Gasteiger partial charge on any atom is 0.303 e. The van der Waals surface area contributed by atoms with E-state index in [0.29, 0.717) is 30.8 Å². The van der Waals surface area contributed by atoms with Gasteiger partial charge in [0.05, 0.1) is 6.10 Å². The summed E-state index contributed by atoms with van der Waals surface area (Å²) in [5, 5.41) is 18.7. The molecule has 2 N–H and O–H groups in total. The number of carboxylic acid groups (broad SMARTS) is 1. The van der Waals surface area contributed by atoms with E-state index in [-0.39, 0.29) is 35.8 Å². The van der Waals surface area contributed by atoms with E-state index in [1.807, 2.05) is 18.2 Å². The highest BCUT2D eigenvalue weighted by Gasteiger charge is 2.29. The highest BCUT2D eigenvalue weighted by Crippen LogP contribution is 2.31. The number of halogens is 1. The molecule has 0 saturated heterocycles. The lowest BCUT2D eigenvalue weighted by Crippen LogP contribution is -2.24. The lowest BCUT2D eigenvalue weighted by atomic mass is 10.0. The molecule has 0 heterocycles. The van der Waals surface area contributed by atoms with Crippen molar-refractivity contribution in [2.24, 2.45) is 5.92 Å². The summed E-state index contributed by atoms with van der Waals surface area (Å²) in [6.45, 7) is 0.0944. The minimum atomic E-state index is -0.804. The standard InChI is InChI=1S/C21H25FO5S/c22-15-7-9-17(10-8-15)27-13-16(23)14-28-20-12-11-19(24)18(20)5-3-1-2-4-6-21(25)26/h1,3,7-12,16,18,20,23H,2,4-6,13-14H2,(H,25,26). The van der Waals surface area contributed by atoms with Gasteiger partial charge in [0.15, 0.2) is 5.78 Å². The first kappa shape index (κ1) is 22.2. The topological polar surface area (TPSA) is 83.8 Å². The molecule has 0 radical (unpaired) electrons. The van der Waals surface area contributed by atoms with Crippen LogP contribution in [0.2, 0.25) is 0 Å². The number of hydrogen-bond donors (Lipinski definition) is 2. The summed E-state index contributed by atoms with van der Waals surface area (Å²) in [5.74, 6) is -0.324. The van der Waals surface area contributed by atoms with Crippen LogP contribution in [0.4, 0.5) is 4.39 Å². The number of carbonyl (C=O) groups excluding carboxylic acids is 1. The van der Waals surface area contributed by atoms with Gasteiger partial charge in [0.1, 0.15) is 18.2 Å². The number of allylic oxidation sites excluding steroid dienone is 3. The molecule has 152 valence electrons. The molecule has 0 bridgehead atoms. The Morgan fingerprint density at radius 1 is 1.29 bits per heavy atom. The Hall–Kier alpha value is -2.12. The van der Waals surface area contributed by atoms with Crippen LogP contribution in [-0.4, -0.2) is 45.7 Å². The summed E-state index contributed by atoms with van der Waals surface area (Å²) in [5.41, 5.74) is 0. The van der Waals surface area contributed by atoms with Gasteiger partial charge < -0.3 is 14.9 Å². The molecular weight excluding hydrogens is 383 g/mol. The van der Waals surface area contributed by atoms with Crippen molar-refractivity contribution in [1.29, 1.82) is 0 Å². The monoisotopic (exact) mass is 408 g/mol. The lowest BCUT2D eigenvalue weighted by Gasteiger charge is -2.18. The molecule has 5 nitrogen and oxygen atoms in total. The maximum absolute atomic E-state index is 12.9. The van der Waals surface area contributed by atoms with E-state index in [2.05, 4.69) is 0 Å². The normalized spacial score (nSPS) is 20.0. The average molecular weight is 408 g/mol. The zero-order valence-corrected chi connectivity index (χ0v) is 16.3. The molecule has 0 fully saturated rings. The Labute approximate surface area is 168 Å². The third kappa shape index (κ3) is 7.86. The van der Waals surface area contributed by atoms with Crippen molar-refractivity contribution in [3.8, 4) is 5.75 Å². The van der Waals surface area contributed by atoms with Crippen molar-refractivity contribution in [3.05, 3.63) is 54.4 Å². The number of rotatable bonds is 12. The second kappa shape index (κ2) is 11.7. The smallest absolute Gasteiger partial charge is 0.303 e. The Morgan fingerprint density at radius 3 is 2.75 bits per heavy atom. The number of thioether (sulfide) groups is 1. The van der Waals surface area contributed by atoms with Crippen LogP contribution in [0.3, 0.4) is 0 Å². The van der Waals surface area contributed by atoms with Gasteiger partial charge in [0.25, 0.3) is 0 Å². The minimum Gasteiger partial charge on any atom is -0.491 e. The molecule has 2 rings (SSSR count). The molecule has 28 heavy (non-hydrogen) atoms. The van der Waals surface area contributed by atoms with E-state index in [1.54, 1.807) is 6.08 Å². The van der Waals surface area contributed by atoms with E-state index in [0.717, 1.165) is 0 Å². The average Bonchev–Trinajstić information content (AvgIpc) is 3.02. The summed E-state index contributed by atoms with van der Waals surface area (Å²) < 4.78 is 18.3. The minimum absolute atomic E-state index is 0.00311. The predicted molar refractivity (Wildman–Crippen MR) is 107 cm³/mol. The summed E-state index contributed by atoms with van der Waals surface area (Å²) in [4.78, 5) is 22.5. The van der Waals surface area contributed by atoms with Crippen molar-refractivity contribution >= 4 is 23.5 Å². The number of ether oxygens (including phenoxy) is 1. The number of aliphatic hydroxyl groups is 1. The van der Waals surface area contributed by atoms with E-state index >= 15 is 0 Å². The summed E-state index contributed by atoms with van der Waals surface area (Å²) in [7, 11) is 0. The van der Waals surface area contributed by atoms with E-state index in [9.17, 15) is 19.1 Å². The van der Waals surface area contributed by atoms with Crippen LogP contribution in [0.5, 0.6) is 5.75 Å². The number of carboxylic acids is 1. The number of carbonyl (C=O) groups is 2. The van der Waals surface area contributed by atoms with Gasteiger partial charge >= 0.3 is 5.97 Å². The van der Waals surface area contributed by atoms with Gasteiger partial charge in [-0.2, -0.15) is 11.8 Å². The van der Waals surface area contributed by atoms with Gasteiger partial charge in [-0.05, 0) is 49.6 Å². The molecule has 7 heteroatoms. The molecule has 1 aliphatic carbocycles. The fraction of sp³-hybridized carbons (Fsp3) is 0.429. The van der Waals surface area contributed by atoms with Crippen molar-refractivity contribution < 1.29 is 28.9 Å². The largest absolute Gasteiger partial charge is 0.491 e. The second-order valence-electron chi connectivity index (χ2n) is 6.58. The third-order valence-corrected chi connectivity index (χ3v) is 5.72. The van der Waals surface area contributed by atoms with Gasteiger partial charge in [0.2, 0.25) is 0 Å². The summed E-state index contributed by atoms with van der Waals surface area (Å²) in [6, 6.07) is 5.61. The molecule has 1 aromatic carbocycles. The first-order valence-electron chi connectivity index (χ1n) is 9.22. The number of aliphatic carboxylic acids is 1. The molecule has 0 spiro atoms.